The van der Waals surface area contributed by atoms with Gasteiger partial charge in [0.1, 0.15) is 0 Å². The van der Waals surface area contributed by atoms with E-state index in [4.69, 9.17) is 5.11 Å². The summed E-state index contributed by atoms with van der Waals surface area (Å²) in [6, 6.07) is 1.91. The third-order valence-electron chi connectivity index (χ3n) is 3.41. The van der Waals surface area contributed by atoms with Crippen molar-refractivity contribution in [2.45, 2.75) is 46.6 Å². The molecular weight excluding hydrogens is 288 g/mol. The van der Waals surface area contributed by atoms with Gasteiger partial charge in [-0.25, -0.2) is 4.79 Å². The van der Waals surface area contributed by atoms with Gasteiger partial charge in [0.05, 0.1) is 6.54 Å². The van der Waals surface area contributed by atoms with Crippen LogP contribution in [-0.4, -0.2) is 23.7 Å². The number of amides is 2. The van der Waals surface area contributed by atoms with Crippen molar-refractivity contribution in [2.24, 2.45) is 5.92 Å². The molecule has 0 aliphatic rings. The largest absolute Gasteiger partial charge is 0.481 e. The summed E-state index contributed by atoms with van der Waals surface area (Å²) < 4.78 is 0. The van der Waals surface area contributed by atoms with E-state index in [-0.39, 0.29) is 12.5 Å². The van der Waals surface area contributed by atoms with Gasteiger partial charge < -0.3 is 15.7 Å². The van der Waals surface area contributed by atoms with Crippen LogP contribution in [0.2, 0.25) is 0 Å². The lowest BCUT2D eigenvalue weighted by Crippen LogP contribution is -2.35. The van der Waals surface area contributed by atoms with E-state index in [9.17, 15) is 9.59 Å². The van der Waals surface area contributed by atoms with Crippen LogP contribution in [0.3, 0.4) is 0 Å². The van der Waals surface area contributed by atoms with Crippen molar-refractivity contribution in [1.82, 2.24) is 10.6 Å². The highest BCUT2D eigenvalue weighted by Crippen LogP contribution is 2.20. The fourth-order valence-corrected chi connectivity index (χ4v) is 2.91. The van der Waals surface area contributed by atoms with Gasteiger partial charge >= 0.3 is 12.0 Å². The van der Waals surface area contributed by atoms with Crippen LogP contribution in [0.4, 0.5) is 4.79 Å². The molecule has 0 radical (unpaired) electrons. The Kier molecular flexibility index (Phi) is 7.22. The molecular formula is C15H24N2O3S. The summed E-state index contributed by atoms with van der Waals surface area (Å²) in [6.45, 7) is 7.24. The molecule has 118 valence electrons. The number of hydrogen-bond acceptors (Lipinski definition) is 3. The maximum atomic E-state index is 11.6. The molecule has 1 rings (SSSR count). The number of carboxylic acid groups (broad SMARTS) is 1. The smallest absolute Gasteiger partial charge is 0.315 e. The first kappa shape index (κ1) is 17.5. The van der Waals surface area contributed by atoms with Gasteiger partial charge in [0.2, 0.25) is 0 Å². The third kappa shape index (κ3) is 7.13. The van der Waals surface area contributed by atoms with Crippen molar-refractivity contribution in [1.29, 1.82) is 0 Å². The maximum absolute atomic E-state index is 11.6. The molecule has 0 bridgehead atoms. The lowest BCUT2D eigenvalue weighted by Gasteiger charge is -2.11. The molecule has 0 spiro atoms. The topological polar surface area (TPSA) is 78.4 Å². The number of nitrogens with one attached hydrogen (secondary N) is 2. The van der Waals surface area contributed by atoms with Crippen LogP contribution in [0.1, 0.15) is 41.5 Å². The average Bonchev–Trinajstić information content (AvgIpc) is 2.73. The van der Waals surface area contributed by atoms with Crippen LogP contribution >= 0.6 is 11.3 Å². The highest BCUT2D eigenvalue weighted by molar-refractivity contribution is 7.12. The Bertz CT molecular complexity index is 466. The van der Waals surface area contributed by atoms with Gasteiger partial charge in [-0.2, -0.15) is 0 Å². The van der Waals surface area contributed by atoms with E-state index < -0.39 is 5.97 Å². The molecule has 1 aromatic rings. The molecule has 5 nitrogen and oxygen atoms in total. The van der Waals surface area contributed by atoms with Gasteiger partial charge in [0, 0.05) is 22.7 Å². The highest BCUT2D eigenvalue weighted by Gasteiger charge is 2.07. The minimum atomic E-state index is -0.769. The van der Waals surface area contributed by atoms with Gasteiger partial charge in [-0.3, -0.25) is 4.79 Å². The van der Waals surface area contributed by atoms with Crippen molar-refractivity contribution in [3.8, 4) is 0 Å². The molecule has 21 heavy (non-hydrogen) atoms. The minimum Gasteiger partial charge on any atom is -0.481 e. The summed E-state index contributed by atoms with van der Waals surface area (Å²) in [5.74, 6) is -0.474. The summed E-state index contributed by atoms with van der Waals surface area (Å²) in [7, 11) is 0. The summed E-state index contributed by atoms with van der Waals surface area (Å²) in [6.07, 6.45) is 1.62. The van der Waals surface area contributed by atoms with Crippen molar-refractivity contribution in [2.75, 3.05) is 6.54 Å². The zero-order chi connectivity index (χ0) is 15.8. The SMILES string of the molecule is Cc1cc(CNC(=O)NCCC(C)CCC(=O)O)sc1C. The molecule has 0 aliphatic carbocycles. The van der Waals surface area contributed by atoms with Gasteiger partial charge in [0.15, 0.2) is 0 Å². The average molecular weight is 312 g/mol. The number of carbonyl (C=O) groups is 2. The molecule has 1 atom stereocenters. The monoisotopic (exact) mass is 312 g/mol. The molecule has 2 amide bonds. The number of thiophene rings is 1. The molecule has 0 saturated heterocycles. The first-order chi connectivity index (χ1) is 9.88. The molecule has 1 unspecified atom stereocenters. The van der Waals surface area contributed by atoms with Gasteiger partial charge in [-0.1, -0.05) is 6.92 Å². The quantitative estimate of drug-likeness (QED) is 0.690. The normalized spacial score (nSPS) is 12.0. The van der Waals surface area contributed by atoms with Gasteiger partial charge in [-0.05, 0) is 44.2 Å². The lowest BCUT2D eigenvalue weighted by molar-refractivity contribution is -0.137. The molecule has 0 saturated carbocycles. The molecule has 0 fully saturated rings. The Morgan fingerprint density at radius 2 is 2.00 bits per heavy atom. The van der Waals surface area contributed by atoms with Crippen molar-refractivity contribution >= 4 is 23.3 Å². The fraction of sp³-hybridized carbons (Fsp3) is 0.600. The number of hydrogen-bond donors (Lipinski definition) is 3. The molecule has 1 heterocycles. The summed E-state index contributed by atoms with van der Waals surface area (Å²) in [5.41, 5.74) is 1.25. The number of aryl methyl sites for hydroxylation is 2. The standard InChI is InChI=1S/C15H24N2O3S/c1-10(4-5-14(18)19)6-7-16-15(20)17-9-13-8-11(2)12(3)21-13/h8,10H,4-7,9H2,1-3H3,(H,18,19)(H2,16,17,20). The number of rotatable bonds is 8. The zero-order valence-electron chi connectivity index (χ0n) is 12.9. The predicted molar refractivity (Wildman–Crippen MR) is 84.7 cm³/mol. The first-order valence-electron chi connectivity index (χ1n) is 7.18. The van der Waals surface area contributed by atoms with Crippen LogP contribution in [0, 0.1) is 19.8 Å². The van der Waals surface area contributed by atoms with Crippen molar-refractivity contribution in [3.63, 3.8) is 0 Å². The van der Waals surface area contributed by atoms with Gasteiger partial charge in [0.25, 0.3) is 0 Å². The predicted octanol–water partition coefficient (Wildman–Crippen LogP) is 3.06. The van der Waals surface area contributed by atoms with Crippen LogP contribution in [0.15, 0.2) is 6.07 Å². The van der Waals surface area contributed by atoms with E-state index in [2.05, 4.69) is 30.5 Å². The second-order valence-electron chi connectivity index (χ2n) is 5.39. The molecule has 6 heteroatoms. The Balaban J connectivity index is 2.15. The Morgan fingerprint density at radius 1 is 1.29 bits per heavy atom. The molecule has 3 N–H and O–H groups in total. The molecule has 0 aliphatic heterocycles. The third-order valence-corrected chi connectivity index (χ3v) is 4.57. The summed E-state index contributed by atoms with van der Waals surface area (Å²) in [5, 5.41) is 14.2. The second-order valence-corrected chi connectivity index (χ2v) is 6.73. The van der Waals surface area contributed by atoms with E-state index in [1.165, 1.54) is 10.4 Å². The molecule has 0 aromatic carbocycles. The first-order valence-corrected chi connectivity index (χ1v) is 7.99. The Labute approximate surface area is 129 Å². The van der Waals surface area contributed by atoms with Crippen molar-refractivity contribution in [3.05, 3.63) is 21.4 Å². The maximum Gasteiger partial charge on any atom is 0.315 e. The number of carboxylic acids is 1. The number of aliphatic carboxylic acids is 1. The van der Waals surface area contributed by atoms with E-state index in [0.717, 1.165) is 11.3 Å². The van der Waals surface area contributed by atoms with E-state index in [1.807, 2.05) is 6.92 Å². The lowest BCUT2D eigenvalue weighted by atomic mass is 10.0. The Hall–Kier alpha value is -1.56. The zero-order valence-corrected chi connectivity index (χ0v) is 13.7. The second kappa shape index (κ2) is 8.67. The highest BCUT2D eigenvalue weighted by atomic mass is 32.1. The van der Waals surface area contributed by atoms with Crippen LogP contribution in [0.5, 0.6) is 0 Å². The fourth-order valence-electron chi connectivity index (χ4n) is 1.91. The van der Waals surface area contributed by atoms with Crippen molar-refractivity contribution < 1.29 is 14.7 Å². The van der Waals surface area contributed by atoms with Crippen LogP contribution in [0.25, 0.3) is 0 Å². The summed E-state index contributed by atoms with van der Waals surface area (Å²) in [4.78, 5) is 24.5. The van der Waals surface area contributed by atoms with E-state index >= 15 is 0 Å². The molecule has 1 aromatic heterocycles. The Morgan fingerprint density at radius 3 is 2.57 bits per heavy atom. The van der Waals surface area contributed by atoms with Gasteiger partial charge in [-0.15, -0.1) is 11.3 Å². The summed E-state index contributed by atoms with van der Waals surface area (Å²) >= 11 is 1.70. The number of carbonyl (C=O) groups excluding carboxylic acids is 1. The van der Waals surface area contributed by atoms with Crippen LogP contribution in [-0.2, 0) is 11.3 Å². The number of urea groups is 1. The van der Waals surface area contributed by atoms with Crippen LogP contribution < -0.4 is 10.6 Å². The van der Waals surface area contributed by atoms with E-state index in [1.54, 1.807) is 11.3 Å². The van der Waals surface area contributed by atoms with E-state index in [0.29, 0.717) is 25.4 Å². The minimum absolute atomic E-state index is 0.177.